The Morgan fingerprint density at radius 2 is 1.74 bits per heavy atom. The van der Waals surface area contributed by atoms with E-state index in [1.807, 2.05) is 11.8 Å². The molecule has 0 bridgehead atoms. The lowest BCUT2D eigenvalue weighted by molar-refractivity contribution is 0.241. The molecular formula is C17H29NS. The molecule has 0 atom stereocenters. The van der Waals surface area contributed by atoms with Gasteiger partial charge in [-0.1, -0.05) is 39.0 Å². The Morgan fingerprint density at radius 3 is 2.32 bits per heavy atom. The number of nitrogens with one attached hydrogen (secondary N) is 1. The van der Waals surface area contributed by atoms with E-state index in [1.54, 1.807) is 0 Å². The largest absolute Gasteiger partial charge is 0.316 e. The van der Waals surface area contributed by atoms with Crippen LogP contribution in [0.15, 0.2) is 35.2 Å². The summed E-state index contributed by atoms with van der Waals surface area (Å²) in [4.78, 5) is 1.39. The van der Waals surface area contributed by atoms with Crippen LogP contribution >= 0.6 is 11.8 Å². The maximum absolute atomic E-state index is 3.62. The summed E-state index contributed by atoms with van der Waals surface area (Å²) in [7, 11) is 0. The zero-order chi connectivity index (χ0) is 14.0. The fourth-order valence-corrected chi connectivity index (χ4v) is 3.49. The topological polar surface area (TPSA) is 12.0 Å². The zero-order valence-electron chi connectivity index (χ0n) is 12.7. The fraction of sp³-hybridized carbons (Fsp3) is 0.647. The van der Waals surface area contributed by atoms with Crippen LogP contribution in [0.25, 0.3) is 0 Å². The highest BCUT2D eigenvalue weighted by Crippen LogP contribution is 2.32. The molecule has 0 aromatic heterocycles. The summed E-state index contributed by atoms with van der Waals surface area (Å²) in [6, 6.07) is 10.7. The van der Waals surface area contributed by atoms with Crippen LogP contribution in [0.3, 0.4) is 0 Å². The van der Waals surface area contributed by atoms with Crippen LogP contribution in [0.5, 0.6) is 0 Å². The van der Waals surface area contributed by atoms with Crippen molar-refractivity contribution < 1.29 is 0 Å². The molecular weight excluding hydrogens is 250 g/mol. The maximum Gasteiger partial charge on any atom is 0.00719 e. The molecule has 2 heteroatoms. The molecule has 0 radical (unpaired) electrons. The molecule has 0 heterocycles. The molecule has 1 aromatic rings. The maximum atomic E-state index is 3.62. The van der Waals surface area contributed by atoms with E-state index in [4.69, 9.17) is 0 Å². The van der Waals surface area contributed by atoms with Crippen molar-refractivity contribution in [2.75, 3.05) is 18.8 Å². The van der Waals surface area contributed by atoms with E-state index in [-0.39, 0.29) is 0 Å². The predicted molar refractivity (Wildman–Crippen MR) is 88.0 cm³/mol. The van der Waals surface area contributed by atoms with Gasteiger partial charge >= 0.3 is 0 Å². The molecule has 108 valence electrons. The molecule has 0 amide bonds. The average Bonchev–Trinajstić information content (AvgIpc) is 2.47. The minimum absolute atomic E-state index is 0.483. The predicted octanol–water partition coefficient (Wildman–Crippen LogP) is 4.97. The third-order valence-electron chi connectivity index (χ3n) is 4.07. The van der Waals surface area contributed by atoms with Gasteiger partial charge in [-0.15, -0.1) is 11.8 Å². The first-order valence-corrected chi connectivity index (χ1v) is 8.63. The SMILES string of the molecule is CCCNCC(CC)(CC)CCSc1ccccc1. The lowest BCUT2D eigenvalue weighted by atomic mass is 9.80. The van der Waals surface area contributed by atoms with E-state index in [0.29, 0.717) is 5.41 Å². The van der Waals surface area contributed by atoms with Crippen LogP contribution in [0.4, 0.5) is 0 Å². The van der Waals surface area contributed by atoms with Crippen molar-refractivity contribution >= 4 is 11.8 Å². The van der Waals surface area contributed by atoms with E-state index in [1.165, 1.54) is 42.9 Å². The van der Waals surface area contributed by atoms with Crippen molar-refractivity contribution in [3.63, 3.8) is 0 Å². The van der Waals surface area contributed by atoms with Gasteiger partial charge in [-0.3, -0.25) is 0 Å². The van der Waals surface area contributed by atoms with Crippen molar-refractivity contribution in [3.8, 4) is 0 Å². The van der Waals surface area contributed by atoms with Crippen molar-refractivity contribution in [1.82, 2.24) is 5.32 Å². The lowest BCUT2D eigenvalue weighted by Gasteiger charge is -2.32. The van der Waals surface area contributed by atoms with Crippen molar-refractivity contribution in [3.05, 3.63) is 30.3 Å². The summed E-state index contributed by atoms with van der Waals surface area (Å²) in [5, 5.41) is 3.62. The van der Waals surface area contributed by atoms with Gasteiger partial charge in [0.2, 0.25) is 0 Å². The van der Waals surface area contributed by atoms with Gasteiger partial charge in [0.1, 0.15) is 0 Å². The fourth-order valence-electron chi connectivity index (χ4n) is 2.37. The van der Waals surface area contributed by atoms with Crippen LogP contribution < -0.4 is 5.32 Å². The number of rotatable bonds is 10. The zero-order valence-corrected chi connectivity index (χ0v) is 13.6. The van der Waals surface area contributed by atoms with Crippen molar-refractivity contribution in [2.45, 2.75) is 51.3 Å². The molecule has 0 fully saturated rings. The molecule has 19 heavy (non-hydrogen) atoms. The summed E-state index contributed by atoms with van der Waals surface area (Å²) < 4.78 is 0. The Balaban J connectivity index is 2.40. The highest BCUT2D eigenvalue weighted by Gasteiger charge is 2.25. The molecule has 1 N–H and O–H groups in total. The average molecular weight is 279 g/mol. The minimum atomic E-state index is 0.483. The highest BCUT2D eigenvalue weighted by molar-refractivity contribution is 7.99. The molecule has 0 unspecified atom stereocenters. The van der Waals surface area contributed by atoms with Gasteiger partial charge in [-0.25, -0.2) is 0 Å². The molecule has 0 aliphatic carbocycles. The second-order valence-corrected chi connectivity index (χ2v) is 6.46. The standard InChI is InChI=1S/C17H29NS/c1-4-13-18-15-17(5-2,6-3)12-14-19-16-10-8-7-9-11-16/h7-11,18H,4-6,12-15H2,1-3H3. The van der Waals surface area contributed by atoms with Crippen LogP contribution in [-0.2, 0) is 0 Å². The van der Waals surface area contributed by atoms with Crippen LogP contribution in [0.1, 0.15) is 46.5 Å². The van der Waals surface area contributed by atoms with Crippen LogP contribution in [0, 0.1) is 5.41 Å². The van der Waals surface area contributed by atoms with Crippen molar-refractivity contribution in [2.24, 2.45) is 5.41 Å². The van der Waals surface area contributed by atoms with E-state index >= 15 is 0 Å². The van der Waals surface area contributed by atoms with Gasteiger partial charge in [-0.05, 0) is 55.5 Å². The third kappa shape index (κ3) is 6.01. The van der Waals surface area contributed by atoms with Gasteiger partial charge in [0.25, 0.3) is 0 Å². The summed E-state index contributed by atoms with van der Waals surface area (Å²) in [5.74, 6) is 1.22. The first-order valence-electron chi connectivity index (χ1n) is 7.65. The van der Waals surface area contributed by atoms with Gasteiger partial charge in [-0.2, -0.15) is 0 Å². The molecule has 0 saturated heterocycles. The van der Waals surface area contributed by atoms with Crippen molar-refractivity contribution in [1.29, 1.82) is 0 Å². The van der Waals surface area contributed by atoms with E-state index in [9.17, 15) is 0 Å². The second kappa shape index (κ2) is 9.44. The molecule has 0 spiro atoms. The summed E-state index contributed by atoms with van der Waals surface area (Å²) >= 11 is 1.99. The Kier molecular flexibility index (Phi) is 8.24. The highest BCUT2D eigenvalue weighted by atomic mass is 32.2. The van der Waals surface area contributed by atoms with Gasteiger partial charge < -0.3 is 5.32 Å². The van der Waals surface area contributed by atoms with Gasteiger partial charge in [0, 0.05) is 11.4 Å². The van der Waals surface area contributed by atoms with Gasteiger partial charge in [0.15, 0.2) is 0 Å². The Hall–Kier alpha value is -0.470. The normalized spacial score (nSPS) is 11.7. The monoisotopic (exact) mass is 279 g/mol. The van der Waals surface area contributed by atoms with Crippen LogP contribution in [-0.4, -0.2) is 18.8 Å². The van der Waals surface area contributed by atoms with Gasteiger partial charge in [0.05, 0.1) is 0 Å². The Bertz CT molecular complexity index is 319. The summed E-state index contributed by atoms with van der Waals surface area (Å²) in [6.07, 6.45) is 5.07. The molecule has 1 nitrogen and oxygen atoms in total. The molecule has 0 aliphatic heterocycles. The minimum Gasteiger partial charge on any atom is -0.316 e. The Labute approximate surface area is 123 Å². The molecule has 1 rings (SSSR count). The number of thioether (sulfide) groups is 1. The van der Waals surface area contributed by atoms with Crippen LogP contribution in [0.2, 0.25) is 0 Å². The first-order chi connectivity index (χ1) is 9.26. The second-order valence-electron chi connectivity index (χ2n) is 5.30. The third-order valence-corrected chi connectivity index (χ3v) is 5.08. The summed E-state index contributed by atoms with van der Waals surface area (Å²) in [6.45, 7) is 9.23. The van der Waals surface area contributed by atoms with E-state index in [2.05, 4.69) is 56.4 Å². The smallest absolute Gasteiger partial charge is 0.00719 e. The molecule has 0 saturated carbocycles. The molecule has 0 aliphatic rings. The first kappa shape index (κ1) is 16.6. The number of hydrogen-bond donors (Lipinski definition) is 1. The lowest BCUT2D eigenvalue weighted by Crippen LogP contribution is -2.34. The quantitative estimate of drug-likeness (QED) is 0.479. The number of benzene rings is 1. The van der Waals surface area contributed by atoms with E-state index in [0.717, 1.165) is 6.54 Å². The molecule has 1 aromatic carbocycles. The Morgan fingerprint density at radius 1 is 1.05 bits per heavy atom. The number of hydrogen-bond acceptors (Lipinski definition) is 2. The summed E-state index contributed by atoms with van der Waals surface area (Å²) in [5.41, 5.74) is 0.483. The van der Waals surface area contributed by atoms with E-state index < -0.39 is 0 Å².